The Morgan fingerprint density at radius 2 is 1.72 bits per heavy atom. The number of hydrogen-bond donors (Lipinski definition) is 0. The SMILES string of the molecule is COC1CN(C(=O)OCc2ccccc2)CC1Oc1cccc(CS(=O)(=O)N(C)C2CCOCC2)c1. The fraction of sp³-hybridized carbons (Fsp3) is 0.500. The van der Waals surface area contributed by atoms with Crippen LogP contribution in [0.4, 0.5) is 4.79 Å². The molecular weight excluding hydrogens is 484 g/mol. The molecule has 2 unspecified atom stereocenters. The number of rotatable bonds is 9. The summed E-state index contributed by atoms with van der Waals surface area (Å²) in [6, 6.07) is 16.5. The van der Waals surface area contributed by atoms with Crippen molar-refractivity contribution in [2.75, 3.05) is 40.5 Å². The second-order valence-corrected chi connectivity index (χ2v) is 11.2. The maximum atomic E-state index is 13.0. The Kier molecular flexibility index (Phi) is 8.84. The highest BCUT2D eigenvalue weighted by Crippen LogP contribution is 2.24. The van der Waals surface area contributed by atoms with Gasteiger partial charge >= 0.3 is 6.09 Å². The molecule has 0 spiro atoms. The molecule has 2 aliphatic rings. The summed E-state index contributed by atoms with van der Waals surface area (Å²) in [5, 5.41) is 0. The van der Waals surface area contributed by atoms with E-state index in [1.807, 2.05) is 30.3 Å². The lowest BCUT2D eigenvalue weighted by molar-refractivity contribution is 0.0338. The van der Waals surface area contributed by atoms with Gasteiger partial charge in [-0.3, -0.25) is 0 Å². The number of methoxy groups -OCH3 is 1. The van der Waals surface area contributed by atoms with Crippen molar-refractivity contribution < 1.29 is 32.2 Å². The summed E-state index contributed by atoms with van der Waals surface area (Å²) in [4.78, 5) is 14.2. The predicted molar refractivity (Wildman–Crippen MR) is 134 cm³/mol. The number of amides is 1. The standard InChI is InChI=1S/C26H34N2O7S/c1-27(22-11-13-33-14-12-22)36(30,31)19-21-9-6-10-23(15-21)35-25-17-28(16-24(25)32-2)26(29)34-18-20-7-4-3-5-8-20/h3-10,15,22,24-25H,11-14,16-19H2,1-2H3. The predicted octanol–water partition coefficient (Wildman–Crippen LogP) is 3.04. The smallest absolute Gasteiger partial charge is 0.410 e. The van der Waals surface area contributed by atoms with Crippen molar-refractivity contribution in [2.24, 2.45) is 0 Å². The number of benzene rings is 2. The fourth-order valence-corrected chi connectivity index (χ4v) is 5.98. The van der Waals surface area contributed by atoms with Gasteiger partial charge in [-0.1, -0.05) is 42.5 Å². The van der Waals surface area contributed by atoms with Crippen LogP contribution in [0.25, 0.3) is 0 Å². The van der Waals surface area contributed by atoms with Gasteiger partial charge in [0, 0.05) is 33.4 Å². The van der Waals surface area contributed by atoms with Crippen molar-refractivity contribution in [1.29, 1.82) is 0 Å². The molecule has 0 aliphatic carbocycles. The van der Waals surface area contributed by atoms with Crippen LogP contribution in [0, 0.1) is 0 Å². The maximum Gasteiger partial charge on any atom is 0.410 e. The lowest BCUT2D eigenvalue weighted by Gasteiger charge is -2.30. The molecule has 0 bridgehead atoms. The summed E-state index contributed by atoms with van der Waals surface area (Å²) in [6.45, 7) is 2.00. The molecule has 10 heteroatoms. The molecular formula is C26H34N2O7S. The van der Waals surface area contributed by atoms with Crippen LogP contribution in [0.5, 0.6) is 5.75 Å². The molecule has 2 aliphatic heterocycles. The zero-order chi connectivity index (χ0) is 25.5. The normalized spacial score (nSPS) is 21.0. The largest absolute Gasteiger partial charge is 0.486 e. The van der Waals surface area contributed by atoms with E-state index in [1.165, 1.54) is 4.31 Å². The highest BCUT2D eigenvalue weighted by Gasteiger charge is 2.38. The van der Waals surface area contributed by atoms with Gasteiger partial charge in [-0.25, -0.2) is 17.5 Å². The number of sulfonamides is 1. The molecule has 0 saturated carbocycles. The lowest BCUT2D eigenvalue weighted by atomic mass is 10.1. The van der Waals surface area contributed by atoms with Crippen LogP contribution in [-0.2, 0) is 36.6 Å². The Hall–Kier alpha value is -2.66. The van der Waals surface area contributed by atoms with E-state index in [1.54, 1.807) is 43.3 Å². The number of carbonyl (C=O) groups is 1. The molecule has 2 saturated heterocycles. The molecule has 0 N–H and O–H groups in total. The van der Waals surface area contributed by atoms with E-state index >= 15 is 0 Å². The van der Waals surface area contributed by atoms with Crippen LogP contribution in [0.1, 0.15) is 24.0 Å². The first-order chi connectivity index (χ1) is 17.4. The van der Waals surface area contributed by atoms with Crippen molar-refractivity contribution in [3.63, 3.8) is 0 Å². The zero-order valence-electron chi connectivity index (χ0n) is 20.7. The Balaban J connectivity index is 1.35. The summed E-state index contributed by atoms with van der Waals surface area (Å²) in [7, 11) is -0.277. The van der Waals surface area contributed by atoms with Crippen LogP contribution in [0.2, 0.25) is 0 Å². The summed E-state index contributed by atoms with van der Waals surface area (Å²) in [5.41, 5.74) is 1.55. The molecule has 9 nitrogen and oxygen atoms in total. The highest BCUT2D eigenvalue weighted by molar-refractivity contribution is 7.88. The second-order valence-electron chi connectivity index (χ2n) is 9.14. The van der Waals surface area contributed by atoms with E-state index < -0.39 is 22.2 Å². The molecule has 36 heavy (non-hydrogen) atoms. The van der Waals surface area contributed by atoms with Crippen molar-refractivity contribution in [2.45, 2.75) is 43.5 Å². The molecule has 196 valence electrons. The average Bonchev–Trinajstić information content (AvgIpc) is 3.30. The van der Waals surface area contributed by atoms with Gasteiger partial charge in [0.25, 0.3) is 0 Å². The topological polar surface area (TPSA) is 94.6 Å². The van der Waals surface area contributed by atoms with Crippen molar-refractivity contribution in [3.05, 3.63) is 65.7 Å². The van der Waals surface area contributed by atoms with Crippen LogP contribution < -0.4 is 4.74 Å². The molecule has 0 aromatic heterocycles. The molecule has 2 aromatic carbocycles. The summed E-state index contributed by atoms with van der Waals surface area (Å²) in [6.07, 6.45) is 0.229. The molecule has 2 aromatic rings. The Morgan fingerprint density at radius 3 is 2.44 bits per heavy atom. The van der Waals surface area contributed by atoms with Gasteiger partial charge in [-0.05, 0) is 36.1 Å². The minimum Gasteiger partial charge on any atom is -0.486 e. The first kappa shape index (κ1) is 26.4. The van der Waals surface area contributed by atoms with Gasteiger partial charge in [0.15, 0.2) is 0 Å². The fourth-order valence-electron chi connectivity index (χ4n) is 4.51. The number of nitrogens with zero attached hydrogens (tertiary/aromatic N) is 2. The van der Waals surface area contributed by atoms with Crippen LogP contribution in [0.3, 0.4) is 0 Å². The summed E-state index contributed by atoms with van der Waals surface area (Å²) >= 11 is 0. The van der Waals surface area contributed by atoms with Gasteiger partial charge in [-0.15, -0.1) is 0 Å². The van der Waals surface area contributed by atoms with E-state index in [0.717, 1.165) is 5.56 Å². The van der Waals surface area contributed by atoms with E-state index in [9.17, 15) is 13.2 Å². The average molecular weight is 519 g/mol. The van der Waals surface area contributed by atoms with Crippen LogP contribution in [0.15, 0.2) is 54.6 Å². The summed E-state index contributed by atoms with van der Waals surface area (Å²) in [5.74, 6) is 0.414. The second kappa shape index (κ2) is 12.1. The van der Waals surface area contributed by atoms with E-state index in [2.05, 4.69) is 0 Å². The zero-order valence-corrected chi connectivity index (χ0v) is 21.6. The Labute approximate surface area is 212 Å². The minimum atomic E-state index is -3.49. The molecule has 0 radical (unpaired) electrons. The lowest BCUT2D eigenvalue weighted by Crippen LogP contribution is -2.41. The monoisotopic (exact) mass is 518 g/mol. The number of hydrogen-bond acceptors (Lipinski definition) is 7. The quantitative estimate of drug-likeness (QED) is 0.504. The van der Waals surface area contributed by atoms with Crippen molar-refractivity contribution in [1.82, 2.24) is 9.21 Å². The Bertz CT molecular complexity index is 1110. The van der Waals surface area contributed by atoms with Gasteiger partial charge < -0.3 is 23.8 Å². The van der Waals surface area contributed by atoms with Crippen LogP contribution >= 0.6 is 0 Å². The third-order valence-corrected chi connectivity index (χ3v) is 8.53. The minimum absolute atomic E-state index is 0.0447. The molecule has 2 fully saturated rings. The molecule has 2 atom stereocenters. The van der Waals surface area contributed by atoms with Crippen molar-refractivity contribution in [3.8, 4) is 5.75 Å². The van der Waals surface area contributed by atoms with Gasteiger partial charge in [0.1, 0.15) is 24.6 Å². The van der Waals surface area contributed by atoms with E-state index in [-0.39, 0.29) is 24.5 Å². The van der Waals surface area contributed by atoms with Gasteiger partial charge in [-0.2, -0.15) is 0 Å². The number of ether oxygens (including phenoxy) is 4. The van der Waals surface area contributed by atoms with Gasteiger partial charge in [0.2, 0.25) is 10.0 Å². The van der Waals surface area contributed by atoms with Gasteiger partial charge in [0.05, 0.1) is 18.8 Å². The molecule has 4 rings (SSSR count). The number of likely N-dealkylation sites (tertiary alicyclic amines) is 1. The molecule has 1 amide bonds. The number of carbonyl (C=O) groups excluding carboxylic acids is 1. The van der Waals surface area contributed by atoms with Crippen LogP contribution in [-0.4, -0.2) is 82.4 Å². The summed E-state index contributed by atoms with van der Waals surface area (Å²) < 4.78 is 50.0. The first-order valence-electron chi connectivity index (χ1n) is 12.1. The maximum absolute atomic E-state index is 13.0. The third kappa shape index (κ3) is 6.76. The van der Waals surface area contributed by atoms with E-state index in [4.69, 9.17) is 18.9 Å². The first-order valence-corrected chi connectivity index (χ1v) is 13.7. The third-order valence-electron chi connectivity index (χ3n) is 6.66. The van der Waals surface area contributed by atoms with E-state index in [0.29, 0.717) is 50.5 Å². The molecule has 2 heterocycles. The Morgan fingerprint density at radius 1 is 1.03 bits per heavy atom. The highest BCUT2D eigenvalue weighted by atomic mass is 32.2. The van der Waals surface area contributed by atoms with Crippen molar-refractivity contribution >= 4 is 16.1 Å².